The molecule has 1 fully saturated rings. The number of hydrogen-bond donors (Lipinski definition) is 2. The molecule has 0 radical (unpaired) electrons. The van der Waals surface area contributed by atoms with Crippen LogP contribution in [0, 0.1) is 3.95 Å². The van der Waals surface area contributed by atoms with Crippen molar-refractivity contribution in [3.63, 3.8) is 0 Å². The van der Waals surface area contributed by atoms with E-state index in [2.05, 4.69) is 5.32 Å². The Hall–Kier alpha value is -2.19. The summed E-state index contributed by atoms with van der Waals surface area (Å²) in [5.41, 5.74) is 7.37. The first-order chi connectivity index (χ1) is 12.5. The summed E-state index contributed by atoms with van der Waals surface area (Å²) in [7, 11) is 0. The molecule has 1 aromatic heterocycles. The van der Waals surface area contributed by atoms with Gasteiger partial charge in [0.1, 0.15) is 10.7 Å². The molecule has 1 aromatic carbocycles. The zero-order valence-corrected chi connectivity index (χ0v) is 16.1. The first kappa shape index (κ1) is 18.6. The quantitative estimate of drug-likeness (QED) is 0.599. The molecule has 1 aliphatic carbocycles. The van der Waals surface area contributed by atoms with Gasteiger partial charge in [-0.1, -0.05) is 24.2 Å². The molecule has 26 heavy (non-hydrogen) atoms. The van der Waals surface area contributed by atoms with Crippen LogP contribution in [-0.2, 0) is 4.74 Å². The maximum Gasteiger partial charge on any atom is 0.338 e. The molecule has 0 unspecified atom stereocenters. The molecule has 2 aromatic rings. The lowest BCUT2D eigenvalue weighted by atomic mass is 10.2. The third kappa shape index (κ3) is 3.81. The van der Waals surface area contributed by atoms with Crippen LogP contribution in [0.15, 0.2) is 24.3 Å². The third-order valence-corrected chi connectivity index (χ3v) is 5.77. The zero-order valence-electron chi connectivity index (χ0n) is 14.5. The topological polar surface area (TPSA) is 86.3 Å². The first-order valence-corrected chi connectivity index (χ1v) is 9.83. The van der Waals surface area contributed by atoms with Crippen molar-refractivity contribution in [2.75, 3.05) is 12.3 Å². The minimum Gasteiger partial charge on any atom is -0.462 e. The van der Waals surface area contributed by atoms with Gasteiger partial charge in [0, 0.05) is 11.7 Å². The van der Waals surface area contributed by atoms with Crippen molar-refractivity contribution in [1.82, 2.24) is 9.88 Å². The Bertz CT molecular complexity index is 865. The van der Waals surface area contributed by atoms with Gasteiger partial charge in [-0.25, -0.2) is 4.79 Å². The summed E-state index contributed by atoms with van der Waals surface area (Å²) in [5, 5.41) is 3.04. The van der Waals surface area contributed by atoms with Crippen LogP contribution in [0.2, 0.25) is 0 Å². The van der Waals surface area contributed by atoms with Gasteiger partial charge in [-0.2, -0.15) is 0 Å². The van der Waals surface area contributed by atoms with E-state index in [0.29, 0.717) is 32.5 Å². The van der Waals surface area contributed by atoms with Crippen LogP contribution >= 0.6 is 23.6 Å². The summed E-state index contributed by atoms with van der Waals surface area (Å²) in [6.45, 7) is 2.08. The van der Waals surface area contributed by atoms with Crippen LogP contribution in [0.1, 0.15) is 52.6 Å². The van der Waals surface area contributed by atoms with Crippen LogP contribution in [0.25, 0.3) is 5.69 Å². The van der Waals surface area contributed by atoms with Crippen molar-refractivity contribution >= 4 is 41.2 Å². The van der Waals surface area contributed by atoms with E-state index in [-0.39, 0.29) is 17.9 Å². The summed E-state index contributed by atoms with van der Waals surface area (Å²) in [4.78, 5) is 24.7. The van der Waals surface area contributed by atoms with E-state index >= 15 is 0 Å². The Morgan fingerprint density at radius 3 is 2.58 bits per heavy atom. The molecule has 3 N–H and O–H groups in total. The second-order valence-electron chi connectivity index (χ2n) is 6.14. The number of nitrogens with one attached hydrogen (secondary N) is 1. The minimum atomic E-state index is -0.377. The molecular weight excluding hydrogens is 370 g/mol. The van der Waals surface area contributed by atoms with Gasteiger partial charge in [0.25, 0.3) is 5.91 Å². The maximum absolute atomic E-state index is 12.5. The number of amides is 1. The lowest BCUT2D eigenvalue weighted by Crippen LogP contribution is -2.32. The molecule has 1 saturated carbocycles. The fourth-order valence-electron chi connectivity index (χ4n) is 3.07. The van der Waals surface area contributed by atoms with E-state index in [0.717, 1.165) is 25.7 Å². The number of benzene rings is 1. The van der Waals surface area contributed by atoms with Crippen molar-refractivity contribution in [3.05, 3.63) is 38.7 Å². The molecule has 0 spiro atoms. The van der Waals surface area contributed by atoms with E-state index in [1.807, 2.05) is 0 Å². The van der Waals surface area contributed by atoms with Crippen LogP contribution in [0.4, 0.5) is 5.82 Å². The first-order valence-electron chi connectivity index (χ1n) is 8.61. The van der Waals surface area contributed by atoms with Gasteiger partial charge >= 0.3 is 5.97 Å². The Labute approximate surface area is 161 Å². The smallest absolute Gasteiger partial charge is 0.338 e. The van der Waals surface area contributed by atoms with Gasteiger partial charge in [0.15, 0.2) is 3.95 Å². The van der Waals surface area contributed by atoms with Gasteiger partial charge < -0.3 is 15.8 Å². The number of anilines is 1. The molecule has 6 nitrogen and oxygen atoms in total. The van der Waals surface area contributed by atoms with Crippen molar-refractivity contribution in [2.24, 2.45) is 0 Å². The Balaban J connectivity index is 1.84. The molecule has 1 heterocycles. The highest BCUT2D eigenvalue weighted by Crippen LogP contribution is 2.27. The zero-order chi connectivity index (χ0) is 18.7. The molecule has 0 bridgehead atoms. The van der Waals surface area contributed by atoms with E-state index in [4.69, 9.17) is 22.7 Å². The fraction of sp³-hybridized carbons (Fsp3) is 0.389. The summed E-state index contributed by atoms with van der Waals surface area (Å²) in [6.07, 6.45) is 4.30. The summed E-state index contributed by atoms with van der Waals surface area (Å²) in [6, 6.07) is 7.01. The number of rotatable bonds is 5. The summed E-state index contributed by atoms with van der Waals surface area (Å²) in [5.74, 6) is -0.232. The molecule has 1 amide bonds. The number of thiazole rings is 1. The van der Waals surface area contributed by atoms with E-state index in [1.54, 1.807) is 35.8 Å². The van der Waals surface area contributed by atoms with Gasteiger partial charge in [-0.15, -0.1) is 0 Å². The number of nitrogens with zero attached hydrogens (tertiary/aromatic N) is 1. The van der Waals surface area contributed by atoms with E-state index in [1.165, 1.54) is 11.3 Å². The number of aromatic nitrogens is 1. The Morgan fingerprint density at radius 2 is 1.96 bits per heavy atom. The molecule has 8 heteroatoms. The predicted octanol–water partition coefficient (Wildman–Crippen LogP) is 3.70. The maximum atomic E-state index is 12.5. The number of carbonyl (C=O) groups excluding carboxylic acids is 2. The molecule has 138 valence electrons. The molecule has 1 aliphatic rings. The van der Waals surface area contributed by atoms with Crippen molar-refractivity contribution in [3.8, 4) is 5.69 Å². The second-order valence-corrected chi connectivity index (χ2v) is 7.78. The monoisotopic (exact) mass is 391 g/mol. The highest BCUT2D eigenvalue weighted by Gasteiger charge is 2.22. The highest BCUT2D eigenvalue weighted by molar-refractivity contribution is 7.73. The lowest BCUT2D eigenvalue weighted by Gasteiger charge is -2.11. The number of ether oxygens (including phenoxy) is 1. The van der Waals surface area contributed by atoms with Crippen LogP contribution in [0.5, 0.6) is 0 Å². The standard InChI is InChI=1S/C18H21N3O3S2/c1-2-24-17(23)11-7-9-13(10-8-11)21-15(19)14(26-18(21)25)16(22)20-12-5-3-4-6-12/h7-10,12H,2-6,19H2,1H3,(H,20,22). The number of carbonyl (C=O) groups is 2. The summed E-state index contributed by atoms with van der Waals surface area (Å²) >= 11 is 6.60. The largest absolute Gasteiger partial charge is 0.462 e. The average Bonchev–Trinajstić information content (AvgIpc) is 3.23. The molecular formula is C18H21N3O3S2. The lowest BCUT2D eigenvalue weighted by molar-refractivity contribution is 0.0526. The Kier molecular flexibility index (Phi) is 5.73. The van der Waals surface area contributed by atoms with Crippen LogP contribution in [0.3, 0.4) is 0 Å². The number of nitrogen functional groups attached to an aromatic ring is 1. The van der Waals surface area contributed by atoms with E-state index < -0.39 is 0 Å². The molecule has 0 aliphatic heterocycles. The summed E-state index contributed by atoms with van der Waals surface area (Å²) < 4.78 is 7.12. The Morgan fingerprint density at radius 1 is 1.31 bits per heavy atom. The molecule has 0 saturated heterocycles. The molecule has 0 atom stereocenters. The van der Waals surface area contributed by atoms with E-state index in [9.17, 15) is 9.59 Å². The second kappa shape index (κ2) is 8.01. The SMILES string of the molecule is CCOC(=O)c1ccc(-n2c(N)c(C(=O)NC3CCCC3)sc2=S)cc1. The average molecular weight is 392 g/mol. The third-order valence-electron chi connectivity index (χ3n) is 4.38. The highest BCUT2D eigenvalue weighted by atomic mass is 32.1. The predicted molar refractivity (Wildman–Crippen MR) is 105 cm³/mol. The van der Waals surface area contributed by atoms with Gasteiger partial charge in [0.2, 0.25) is 0 Å². The minimum absolute atomic E-state index is 0.174. The number of hydrogen-bond acceptors (Lipinski definition) is 6. The van der Waals surface area contributed by atoms with Crippen LogP contribution in [-0.4, -0.2) is 29.1 Å². The number of nitrogens with two attached hydrogens (primary N) is 1. The normalized spacial score (nSPS) is 14.3. The van der Waals surface area contributed by atoms with Crippen LogP contribution < -0.4 is 11.1 Å². The van der Waals surface area contributed by atoms with Gasteiger partial charge in [-0.05, 0) is 56.2 Å². The molecule has 3 rings (SSSR count). The van der Waals surface area contributed by atoms with Crippen molar-refractivity contribution in [1.29, 1.82) is 0 Å². The fourth-order valence-corrected chi connectivity index (χ4v) is 4.35. The van der Waals surface area contributed by atoms with Gasteiger partial charge in [0.05, 0.1) is 12.2 Å². The van der Waals surface area contributed by atoms with Crippen molar-refractivity contribution < 1.29 is 14.3 Å². The van der Waals surface area contributed by atoms with Crippen molar-refractivity contribution in [2.45, 2.75) is 38.6 Å². The number of esters is 1. The van der Waals surface area contributed by atoms with Gasteiger partial charge in [-0.3, -0.25) is 9.36 Å².